The zero-order valence-electron chi connectivity index (χ0n) is 11.6. The molecule has 1 heterocycles. The number of likely N-dealkylation sites (tertiary alicyclic amines) is 1. The second-order valence-electron chi connectivity index (χ2n) is 5.69. The first kappa shape index (κ1) is 15.0. The number of hydrogen-bond donors (Lipinski definition) is 1. The van der Waals surface area contributed by atoms with Crippen molar-refractivity contribution in [2.24, 2.45) is 5.41 Å². The van der Waals surface area contributed by atoms with Gasteiger partial charge in [0, 0.05) is 17.6 Å². The summed E-state index contributed by atoms with van der Waals surface area (Å²) in [6, 6.07) is 5.85. The first-order valence-electron chi connectivity index (χ1n) is 6.58. The molecule has 1 aromatic rings. The number of rotatable bonds is 3. The monoisotopic (exact) mass is 339 g/mol. The summed E-state index contributed by atoms with van der Waals surface area (Å²) in [6.45, 7) is 4.52. The molecule has 2 rings (SSSR count). The molecular weight excluding hydrogens is 322 g/mol. The SMILES string of the molecule is Cc1ccc(CC(=O)N2CCC(C)(C(=O)O)C2)cc1Br. The van der Waals surface area contributed by atoms with Gasteiger partial charge < -0.3 is 10.0 Å². The number of carbonyl (C=O) groups is 2. The molecule has 1 saturated heterocycles. The Morgan fingerprint density at radius 3 is 2.70 bits per heavy atom. The highest BCUT2D eigenvalue weighted by molar-refractivity contribution is 9.10. The van der Waals surface area contributed by atoms with Gasteiger partial charge in [0.25, 0.3) is 0 Å². The van der Waals surface area contributed by atoms with E-state index in [0.29, 0.717) is 25.9 Å². The maximum Gasteiger partial charge on any atom is 0.311 e. The summed E-state index contributed by atoms with van der Waals surface area (Å²) in [5, 5.41) is 9.18. The zero-order chi connectivity index (χ0) is 14.9. The van der Waals surface area contributed by atoms with Gasteiger partial charge in [-0.15, -0.1) is 0 Å². The minimum absolute atomic E-state index is 0.00859. The highest BCUT2D eigenvalue weighted by Gasteiger charge is 2.41. The number of hydrogen-bond acceptors (Lipinski definition) is 2. The van der Waals surface area contributed by atoms with E-state index in [1.54, 1.807) is 11.8 Å². The van der Waals surface area contributed by atoms with Crippen molar-refractivity contribution in [3.05, 3.63) is 33.8 Å². The first-order chi connectivity index (χ1) is 9.32. The number of carboxylic acid groups (broad SMARTS) is 1. The van der Waals surface area contributed by atoms with E-state index in [1.807, 2.05) is 25.1 Å². The van der Waals surface area contributed by atoms with Crippen LogP contribution in [0.15, 0.2) is 22.7 Å². The zero-order valence-corrected chi connectivity index (χ0v) is 13.2. The Kier molecular flexibility index (Phi) is 4.18. The Bertz CT molecular complexity index is 558. The first-order valence-corrected chi connectivity index (χ1v) is 7.37. The lowest BCUT2D eigenvalue weighted by atomic mass is 9.90. The molecule has 0 radical (unpaired) electrons. The van der Waals surface area contributed by atoms with Gasteiger partial charge in [-0.3, -0.25) is 9.59 Å². The van der Waals surface area contributed by atoms with E-state index < -0.39 is 11.4 Å². The maximum atomic E-state index is 12.2. The van der Waals surface area contributed by atoms with Gasteiger partial charge in [0.1, 0.15) is 0 Å². The number of nitrogens with zero attached hydrogens (tertiary/aromatic N) is 1. The van der Waals surface area contributed by atoms with Crippen LogP contribution >= 0.6 is 15.9 Å². The summed E-state index contributed by atoms with van der Waals surface area (Å²) in [5.74, 6) is -0.836. The van der Waals surface area contributed by atoms with Crippen LogP contribution in [-0.2, 0) is 16.0 Å². The number of aryl methyl sites for hydroxylation is 1. The van der Waals surface area contributed by atoms with Crippen LogP contribution in [0, 0.1) is 12.3 Å². The molecule has 1 aliphatic heterocycles. The number of benzene rings is 1. The number of aliphatic carboxylic acids is 1. The molecule has 0 aromatic heterocycles. The molecule has 0 bridgehead atoms. The van der Waals surface area contributed by atoms with E-state index in [9.17, 15) is 14.7 Å². The molecule has 1 atom stereocenters. The molecule has 0 saturated carbocycles. The average molecular weight is 340 g/mol. The third-order valence-corrected chi connectivity index (χ3v) is 4.79. The molecule has 0 aliphatic carbocycles. The van der Waals surface area contributed by atoms with E-state index >= 15 is 0 Å². The predicted molar refractivity (Wildman–Crippen MR) is 79.5 cm³/mol. The van der Waals surface area contributed by atoms with Gasteiger partial charge in [-0.1, -0.05) is 28.1 Å². The van der Waals surface area contributed by atoms with Gasteiger partial charge in [-0.2, -0.15) is 0 Å². The summed E-state index contributed by atoms with van der Waals surface area (Å²) in [6.07, 6.45) is 0.834. The predicted octanol–water partition coefficient (Wildman–Crippen LogP) is 2.62. The smallest absolute Gasteiger partial charge is 0.311 e. The lowest BCUT2D eigenvalue weighted by molar-refractivity contribution is -0.147. The van der Waals surface area contributed by atoms with Crippen molar-refractivity contribution >= 4 is 27.8 Å². The van der Waals surface area contributed by atoms with Gasteiger partial charge in [0.15, 0.2) is 0 Å². The van der Waals surface area contributed by atoms with E-state index in [4.69, 9.17) is 0 Å². The Hall–Kier alpha value is -1.36. The van der Waals surface area contributed by atoms with Crippen LogP contribution in [-0.4, -0.2) is 35.0 Å². The lowest BCUT2D eigenvalue weighted by Gasteiger charge is -2.20. The Morgan fingerprint density at radius 2 is 2.15 bits per heavy atom. The van der Waals surface area contributed by atoms with Crippen LogP contribution in [0.2, 0.25) is 0 Å². The van der Waals surface area contributed by atoms with Crippen molar-refractivity contribution in [3.8, 4) is 0 Å². The van der Waals surface area contributed by atoms with Crippen molar-refractivity contribution in [1.82, 2.24) is 4.90 Å². The maximum absolute atomic E-state index is 12.2. The molecular formula is C15H18BrNO3. The van der Waals surface area contributed by atoms with Gasteiger partial charge in [0.2, 0.25) is 5.91 Å². The average Bonchev–Trinajstić information content (AvgIpc) is 2.78. The minimum atomic E-state index is -0.828. The fourth-order valence-electron chi connectivity index (χ4n) is 2.38. The van der Waals surface area contributed by atoms with Crippen LogP contribution in [0.5, 0.6) is 0 Å². The summed E-state index contributed by atoms with van der Waals surface area (Å²) < 4.78 is 0.986. The van der Waals surface area contributed by atoms with E-state index in [2.05, 4.69) is 15.9 Å². The van der Waals surface area contributed by atoms with Crippen LogP contribution in [0.1, 0.15) is 24.5 Å². The van der Waals surface area contributed by atoms with E-state index in [0.717, 1.165) is 15.6 Å². The van der Waals surface area contributed by atoms with Crippen molar-refractivity contribution in [2.75, 3.05) is 13.1 Å². The van der Waals surface area contributed by atoms with Crippen LogP contribution < -0.4 is 0 Å². The van der Waals surface area contributed by atoms with Gasteiger partial charge in [-0.25, -0.2) is 0 Å². The fourth-order valence-corrected chi connectivity index (χ4v) is 2.81. The standard InChI is InChI=1S/C15H18BrNO3/c1-10-3-4-11(7-12(10)16)8-13(18)17-6-5-15(2,9-17)14(19)20/h3-4,7H,5-6,8-9H2,1-2H3,(H,19,20). The number of carbonyl (C=O) groups excluding carboxylic acids is 1. The molecule has 1 amide bonds. The van der Waals surface area contributed by atoms with Crippen LogP contribution in [0.25, 0.3) is 0 Å². The van der Waals surface area contributed by atoms with Gasteiger partial charge in [-0.05, 0) is 37.5 Å². The highest BCUT2D eigenvalue weighted by Crippen LogP contribution is 2.30. The summed E-state index contributed by atoms with van der Waals surface area (Å²) in [5.41, 5.74) is 1.26. The lowest BCUT2D eigenvalue weighted by Crippen LogP contribution is -2.35. The second kappa shape index (κ2) is 5.56. The van der Waals surface area contributed by atoms with E-state index in [-0.39, 0.29) is 5.91 Å². The van der Waals surface area contributed by atoms with Crippen molar-refractivity contribution in [1.29, 1.82) is 0 Å². The normalized spacial score (nSPS) is 22.1. The van der Waals surface area contributed by atoms with Gasteiger partial charge >= 0.3 is 5.97 Å². The van der Waals surface area contributed by atoms with Gasteiger partial charge in [0.05, 0.1) is 11.8 Å². The Morgan fingerprint density at radius 1 is 1.45 bits per heavy atom. The molecule has 108 valence electrons. The summed E-state index contributed by atoms with van der Waals surface area (Å²) >= 11 is 3.45. The quantitative estimate of drug-likeness (QED) is 0.920. The molecule has 1 unspecified atom stereocenters. The summed E-state index contributed by atoms with van der Waals surface area (Å²) in [4.78, 5) is 25.1. The number of halogens is 1. The Balaban J connectivity index is 2.03. The van der Waals surface area contributed by atoms with Crippen molar-refractivity contribution < 1.29 is 14.7 Å². The third kappa shape index (κ3) is 3.03. The van der Waals surface area contributed by atoms with E-state index in [1.165, 1.54) is 0 Å². The second-order valence-corrected chi connectivity index (χ2v) is 6.55. The van der Waals surface area contributed by atoms with Crippen molar-refractivity contribution in [3.63, 3.8) is 0 Å². The molecule has 1 aromatic carbocycles. The molecule has 4 nitrogen and oxygen atoms in total. The third-order valence-electron chi connectivity index (χ3n) is 3.93. The minimum Gasteiger partial charge on any atom is -0.481 e. The summed E-state index contributed by atoms with van der Waals surface area (Å²) in [7, 11) is 0. The molecule has 0 spiro atoms. The molecule has 20 heavy (non-hydrogen) atoms. The Labute approximate surface area is 126 Å². The molecule has 1 N–H and O–H groups in total. The van der Waals surface area contributed by atoms with Crippen LogP contribution in [0.4, 0.5) is 0 Å². The fraction of sp³-hybridized carbons (Fsp3) is 0.467. The number of amides is 1. The number of carboxylic acids is 1. The van der Waals surface area contributed by atoms with Crippen molar-refractivity contribution in [2.45, 2.75) is 26.7 Å². The molecule has 1 aliphatic rings. The highest BCUT2D eigenvalue weighted by atomic mass is 79.9. The largest absolute Gasteiger partial charge is 0.481 e. The van der Waals surface area contributed by atoms with Crippen LogP contribution in [0.3, 0.4) is 0 Å². The molecule has 5 heteroatoms. The molecule has 1 fully saturated rings. The topological polar surface area (TPSA) is 57.6 Å².